The molecule has 9 nitrogen and oxygen atoms in total. The van der Waals surface area contributed by atoms with Gasteiger partial charge in [0.25, 0.3) is 0 Å². The maximum atomic E-state index is 13.8. The Labute approximate surface area is 280 Å². The molecule has 0 aliphatic heterocycles. The van der Waals surface area contributed by atoms with Gasteiger partial charge < -0.3 is 33.5 Å². The van der Waals surface area contributed by atoms with E-state index in [0.29, 0.717) is 0 Å². The summed E-state index contributed by atoms with van der Waals surface area (Å²) in [7, 11) is 2.34. The van der Waals surface area contributed by atoms with Gasteiger partial charge in [-0.15, -0.1) is 26.3 Å². The van der Waals surface area contributed by atoms with Gasteiger partial charge in [-0.1, -0.05) is 23.2 Å². The number of aldehydes is 1. The number of rotatable bonds is 10. The molecule has 49 heavy (non-hydrogen) atoms. The van der Waals surface area contributed by atoms with Crippen LogP contribution < -0.4 is 28.4 Å². The molecule has 19 heteroatoms. The maximum absolute atomic E-state index is 13.8. The highest BCUT2D eigenvalue weighted by Crippen LogP contribution is 2.40. The summed E-state index contributed by atoms with van der Waals surface area (Å²) in [6, 6.07) is 9.83. The van der Waals surface area contributed by atoms with Gasteiger partial charge in [0, 0.05) is 34.3 Å². The molecule has 0 radical (unpaired) electrons. The van der Waals surface area contributed by atoms with Crippen molar-refractivity contribution in [3.63, 3.8) is 0 Å². The monoisotopic (exact) mass is 744 g/mol. The van der Waals surface area contributed by atoms with Crippen LogP contribution in [0.5, 0.6) is 46.0 Å². The summed E-state index contributed by atoms with van der Waals surface area (Å²) in [4.78, 5) is 22.1. The number of carboxylic acid groups (broad SMARTS) is 1. The third-order valence-electron chi connectivity index (χ3n) is 5.58. The lowest BCUT2D eigenvalue weighted by Crippen LogP contribution is -2.17. The number of benzene rings is 4. The predicted octanol–water partition coefficient (Wildman–Crippen LogP) is 9.87. The summed E-state index contributed by atoms with van der Waals surface area (Å²) in [5, 5.41) is 8.92. The molecule has 0 aliphatic rings. The smallest absolute Gasteiger partial charge is 0.493 e. The normalized spacial score (nSPS) is 11.1. The lowest BCUT2D eigenvalue weighted by atomic mass is 10.2. The van der Waals surface area contributed by atoms with E-state index in [2.05, 4.69) is 9.47 Å². The minimum absolute atomic E-state index is 0.0240. The molecule has 0 spiro atoms. The fourth-order valence-corrected chi connectivity index (χ4v) is 4.08. The van der Waals surface area contributed by atoms with Crippen LogP contribution in [0.15, 0.2) is 60.7 Å². The summed E-state index contributed by atoms with van der Waals surface area (Å²) in [6.45, 7) is 0. The van der Waals surface area contributed by atoms with E-state index in [-0.39, 0.29) is 45.1 Å². The first-order chi connectivity index (χ1) is 22.8. The average molecular weight is 745 g/mol. The van der Waals surface area contributed by atoms with Gasteiger partial charge in [0.2, 0.25) is 0 Å². The molecule has 0 unspecified atom stereocenters. The zero-order chi connectivity index (χ0) is 36.7. The number of carbonyl (C=O) groups excluding carboxylic acids is 1. The van der Waals surface area contributed by atoms with Crippen molar-refractivity contribution in [3.8, 4) is 46.0 Å². The molecule has 0 atom stereocenters. The zero-order valence-electron chi connectivity index (χ0n) is 24.3. The Balaban J connectivity index is 0.000000266. The van der Waals surface area contributed by atoms with Gasteiger partial charge in [0.1, 0.15) is 40.2 Å². The number of halogens is 10. The van der Waals surface area contributed by atoms with Crippen molar-refractivity contribution in [2.24, 2.45) is 0 Å². The van der Waals surface area contributed by atoms with E-state index < -0.39 is 58.7 Å². The van der Waals surface area contributed by atoms with Crippen LogP contribution in [0.25, 0.3) is 0 Å². The molecule has 4 aromatic carbocycles. The lowest BCUT2D eigenvalue weighted by Gasteiger charge is -2.15. The molecule has 0 bridgehead atoms. The second kappa shape index (κ2) is 15.8. The Bertz CT molecular complexity index is 1830. The third kappa shape index (κ3) is 10.9. The fourth-order valence-electron chi connectivity index (χ4n) is 3.69. The Morgan fingerprint density at radius 3 is 1.49 bits per heavy atom. The summed E-state index contributed by atoms with van der Waals surface area (Å²) >= 11 is 11.4. The van der Waals surface area contributed by atoms with E-state index in [4.69, 9.17) is 47.3 Å². The Morgan fingerprint density at radius 1 is 0.653 bits per heavy atom. The van der Waals surface area contributed by atoms with Gasteiger partial charge in [-0.05, 0) is 36.4 Å². The summed E-state index contributed by atoms with van der Waals surface area (Å²) in [6.07, 6.45) is -9.54. The number of ether oxygens (including phenoxy) is 6. The van der Waals surface area contributed by atoms with Gasteiger partial charge in [-0.3, -0.25) is 4.79 Å². The maximum Gasteiger partial charge on any atom is 0.573 e. The second-order valence-electron chi connectivity index (χ2n) is 8.91. The van der Waals surface area contributed by atoms with Crippen molar-refractivity contribution >= 4 is 35.5 Å². The number of methoxy groups -OCH3 is 2. The summed E-state index contributed by atoms with van der Waals surface area (Å²) < 4.78 is 129. The van der Waals surface area contributed by atoms with E-state index in [0.717, 1.165) is 61.7 Å². The average Bonchev–Trinajstić information content (AvgIpc) is 2.96. The quantitative estimate of drug-likeness (QED) is 0.125. The molecule has 0 aliphatic carbocycles. The Morgan fingerprint density at radius 2 is 1.08 bits per heavy atom. The Hall–Kier alpha value is -5.16. The van der Waals surface area contributed by atoms with E-state index >= 15 is 0 Å². The third-order valence-corrected chi connectivity index (χ3v) is 6.02. The number of hydrogen-bond acceptors (Lipinski definition) is 8. The minimum Gasteiger partial charge on any atom is -0.493 e. The number of alkyl halides is 6. The first kappa shape index (κ1) is 38.3. The molecular weight excluding hydrogens is 727 g/mol. The van der Waals surface area contributed by atoms with E-state index in [1.807, 2.05) is 0 Å². The molecule has 0 amide bonds. The first-order valence-corrected chi connectivity index (χ1v) is 13.5. The van der Waals surface area contributed by atoms with Crippen molar-refractivity contribution in [2.45, 2.75) is 12.7 Å². The molecule has 0 heterocycles. The lowest BCUT2D eigenvalue weighted by molar-refractivity contribution is -0.275. The minimum atomic E-state index is -4.90. The molecule has 0 saturated heterocycles. The molecular formula is C30H18Cl2F8O9. The molecule has 262 valence electrons. The highest BCUT2D eigenvalue weighted by Gasteiger charge is 2.32. The van der Waals surface area contributed by atoms with Gasteiger partial charge in [0.15, 0.2) is 29.3 Å². The standard InChI is InChI=1S/C15H9ClF4O5.C15H9ClF4O4/c1-23-11-6-8(25-15(18,19)20)2-3-10(11)24-12-5-7(16)4-9(17)13(12)14(21)22;1-22-14-6-9(24-15(18,19)20)2-3-12(14)23-13-5-8(16)4-11(17)10(13)7-21/h2-6H,1H3,(H,21,22);2-7H,1H3. The fraction of sp³-hybridized carbons (Fsp3) is 0.133. The van der Waals surface area contributed by atoms with Gasteiger partial charge in [0.05, 0.1) is 19.8 Å². The predicted molar refractivity (Wildman–Crippen MR) is 155 cm³/mol. The van der Waals surface area contributed by atoms with Gasteiger partial charge >= 0.3 is 18.7 Å². The Kier molecular flexibility index (Phi) is 12.4. The van der Waals surface area contributed by atoms with Crippen molar-refractivity contribution in [2.75, 3.05) is 14.2 Å². The second-order valence-corrected chi connectivity index (χ2v) is 9.78. The van der Waals surface area contributed by atoms with Crippen LogP contribution in [0.4, 0.5) is 35.1 Å². The molecule has 4 aromatic rings. The largest absolute Gasteiger partial charge is 0.573 e. The molecule has 0 fully saturated rings. The van der Waals surface area contributed by atoms with Crippen molar-refractivity contribution in [1.82, 2.24) is 0 Å². The van der Waals surface area contributed by atoms with Crippen LogP contribution in [0.3, 0.4) is 0 Å². The van der Waals surface area contributed by atoms with Gasteiger partial charge in [-0.2, -0.15) is 0 Å². The van der Waals surface area contributed by atoms with Crippen LogP contribution >= 0.6 is 23.2 Å². The topological polar surface area (TPSA) is 110 Å². The van der Waals surface area contributed by atoms with E-state index in [9.17, 15) is 44.7 Å². The first-order valence-electron chi connectivity index (χ1n) is 12.7. The molecule has 4 rings (SSSR count). The van der Waals surface area contributed by atoms with Crippen molar-refractivity contribution < 1.29 is 78.2 Å². The number of aromatic carboxylic acids is 1. The molecule has 0 aromatic heterocycles. The van der Waals surface area contributed by atoms with Crippen LogP contribution in [-0.4, -0.2) is 44.3 Å². The molecule has 1 N–H and O–H groups in total. The van der Waals surface area contributed by atoms with E-state index in [1.54, 1.807) is 0 Å². The summed E-state index contributed by atoms with van der Waals surface area (Å²) in [5.41, 5.74) is -1.18. The van der Waals surface area contributed by atoms with Crippen molar-refractivity contribution in [1.29, 1.82) is 0 Å². The number of carbonyl (C=O) groups is 2. The van der Waals surface area contributed by atoms with Crippen LogP contribution in [0.2, 0.25) is 10.0 Å². The van der Waals surface area contributed by atoms with E-state index in [1.165, 1.54) is 13.2 Å². The van der Waals surface area contributed by atoms with Crippen LogP contribution in [0, 0.1) is 11.6 Å². The van der Waals surface area contributed by atoms with Crippen LogP contribution in [0.1, 0.15) is 20.7 Å². The highest BCUT2D eigenvalue weighted by atomic mass is 35.5. The van der Waals surface area contributed by atoms with Gasteiger partial charge in [-0.25, -0.2) is 13.6 Å². The highest BCUT2D eigenvalue weighted by molar-refractivity contribution is 6.31. The summed E-state index contributed by atoms with van der Waals surface area (Å²) in [5.74, 6) is -5.94. The molecule has 0 saturated carbocycles. The number of carboxylic acids is 1. The zero-order valence-corrected chi connectivity index (χ0v) is 25.9. The number of hydrogen-bond donors (Lipinski definition) is 1. The van der Waals surface area contributed by atoms with Crippen molar-refractivity contribution in [3.05, 3.63) is 93.5 Å². The van der Waals surface area contributed by atoms with Crippen LogP contribution in [-0.2, 0) is 0 Å². The SMILES string of the molecule is COc1cc(OC(F)(F)F)ccc1Oc1cc(Cl)cc(F)c1C(=O)O.COc1cc(OC(F)(F)F)ccc1Oc1cc(Cl)cc(F)c1C=O.